The summed E-state index contributed by atoms with van der Waals surface area (Å²) in [6.45, 7) is 12.3. The van der Waals surface area contributed by atoms with Gasteiger partial charge in [0, 0.05) is 25.7 Å². The van der Waals surface area contributed by atoms with Crippen LogP contribution in [0.4, 0.5) is 0 Å². The zero-order valence-corrected chi connectivity index (χ0v) is 18.1. The third-order valence-corrected chi connectivity index (χ3v) is 5.66. The lowest BCUT2D eigenvalue weighted by atomic mass is 10.0. The summed E-state index contributed by atoms with van der Waals surface area (Å²) in [6, 6.07) is 8.56. The van der Waals surface area contributed by atoms with Crippen LogP contribution in [-0.2, 0) is 13.1 Å². The number of benzene rings is 1. The molecule has 1 fully saturated rings. The molecule has 1 atom stereocenters. The van der Waals surface area contributed by atoms with Gasteiger partial charge in [-0.1, -0.05) is 26.0 Å². The molecule has 0 radical (unpaired) electrons. The van der Waals surface area contributed by atoms with Crippen LogP contribution in [0.5, 0.6) is 5.75 Å². The van der Waals surface area contributed by atoms with Gasteiger partial charge in [0.05, 0.1) is 13.2 Å². The van der Waals surface area contributed by atoms with E-state index < -0.39 is 0 Å². The molecule has 2 aromatic rings. The molecule has 0 saturated carbocycles. The summed E-state index contributed by atoms with van der Waals surface area (Å²) in [4.78, 5) is 21.2. The van der Waals surface area contributed by atoms with Crippen LogP contribution >= 0.6 is 0 Å². The molecule has 158 valence electrons. The Bertz CT molecular complexity index is 779. The fourth-order valence-electron chi connectivity index (χ4n) is 3.60. The summed E-state index contributed by atoms with van der Waals surface area (Å²) in [6.07, 6.45) is 3.64. The van der Waals surface area contributed by atoms with Crippen LogP contribution in [-0.4, -0.2) is 46.4 Å². The number of carbonyl (C=O) groups excluding carboxylic acids is 1. The Morgan fingerprint density at radius 2 is 1.86 bits per heavy atom. The minimum Gasteiger partial charge on any atom is -0.494 e. The summed E-state index contributed by atoms with van der Waals surface area (Å²) >= 11 is 0. The highest BCUT2D eigenvalue weighted by Crippen LogP contribution is 2.20. The quantitative estimate of drug-likeness (QED) is 0.627. The van der Waals surface area contributed by atoms with Crippen molar-refractivity contribution in [2.24, 2.45) is 5.92 Å². The number of ether oxygens (including phenoxy) is 1. The van der Waals surface area contributed by atoms with Gasteiger partial charge in [-0.25, -0.2) is 4.98 Å². The first-order valence-electron chi connectivity index (χ1n) is 10.7. The maximum Gasteiger partial charge on any atom is 0.275 e. The lowest BCUT2D eigenvalue weighted by Crippen LogP contribution is -2.36. The highest BCUT2D eigenvalue weighted by atomic mass is 16.5. The SMILES string of the molecule is CCOc1ccc(CN(Cc2nc(C(=O)N3CCCC3)co2)[C@@H](C)C(C)C)cc1. The molecule has 0 spiro atoms. The number of likely N-dealkylation sites (tertiary alicyclic amines) is 1. The predicted molar refractivity (Wildman–Crippen MR) is 113 cm³/mol. The van der Waals surface area contributed by atoms with Gasteiger partial charge in [-0.2, -0.15) is 0 Å². The molecule has 1 aromatic carbocycles. The van der Waals surface area contributed by atoms with Crippen LogP contribution in [0.15, 0.2) is 34.9 Å². The van der Waals surface area contributed by atoms with Crippen molar-refractivity contribution in [2.45, 2.75) is 59.7 Å². The second kappa shape index (κ2) is 9.92. The summed E-state index contributed by atoms with van der Waals surface area (Å²) in [5, 5.41) is 0. The van der Waals surface area contributed by atoms with E-state index in [0.29, 0.717) is 36.7 Å². The number of amides is 1. The van der Waals surface area contributed by atoms with Crippen LogP contribution in [0, 0.1) is 5.92 Å². The molecule has 1 aliphatic heterocycles. The Hall–Kier alpha value is -2.34. The Balaban J connectivity index is 1.69. The molecule has 6 nitrogen and oxygen atoms in total. The fraction of sp³-hybridized carbons (Fsp3) is 0.565. The summed E-state index contributed by atoms with van der Waals surface area (Å²) in [5.74, 6) is 1.94. The average Bonchev–Trinajstić information content (AvgIpc) is 3.40. The van der Waals surface area contributed by atoms with Crippen molar-refractivity contribution in [2.75, 3.05) is 19.7 Å². The zero-order valence-electron chi connectivity index (χ0n) is 18.1. The summed E-state index contributed by atoms with van der Waals surface area (Å²) < 4.78 is 11.2. The van der Waals surface area contributed by atoms with Crippen molar-refractivity contribution in [1.82, 2.24) is 14.8 Å². The van der Waals surface area contributed by atoms with Gasteiger partial charge in [0.1, 0.15) is 12.0 Å². The monoisotopic (exact) mass is 399 g/mol. The van der Waals surface area contributed by atoms with Crippen molar-refractivity contribution in [3.63, 3.8) is 0 Å². The Kier molecular flexibility index (Phi) is 7.31. The number of hydrogen-bond acceptors (Lipinski definition) is 5. The first kappa shape index (κ1) is 21.4. The summed E-state index contributed by atoms with van der Waals surface area (Å²) in [5.41, 5.74) is 1.63. The molecular weight excluding hydrogens is 366 g/mol. The van der Waals surface area contributed by atoms with Crippen LogP contribution in [0.2, 0.25) is 0 Å². The first-order valence-corrected chi connectivity index (χ1v) is 10.7. The highest BCUT2D eigenvalue weighted by molar-refractivity contribution is 5.92. The predicted octanol–water partition coefficient (Wildman–Crippen LogP) is 4.36. The van der Waals surface area contributed by atoms with Crippen LogP contribution in [0.1, 0.15) is 62.5 Å². The standard InChI is InChI=1S/C23H33N3O3/c1-5-28-20-10-8-19(9-11-20)14-26(18(4)17(2)3)15-22-24-21(16-29-22)23(27)25-12-6-7-13-25/h8-11,16-18H,5-7,12-15H2,1-4H3/t18-/m0/s1. The molecule has 3 rings (SSSR count). The molecule has 0 unspecified atom stereocenters. The smallest absolute Gasteiger partial charge is 0.275 e. The third-order valence-electron chi connectivity index (χ3n) is 5.66. The van der Waals surface area contributed by atoms with E-state index in [4.69, 9.17) is 9.15 Å². The summed E-state index contributed by atoms with van der Waals surface area (Å²) in [7, 11) is 0. The molecule has 29 heavy (non-hydrogen) atoms. The van der Waals surface area contributed by atoms with E-state index >= 15 is 0 Å². The number of carbonyl (C=O) groups is 1. The topological polar surface area (TPSA) is 58.8 Å². The Morgan fingerprint density at radius 3 is 2.48 bits per heavy atom. The highest BCUT2D eigenvalue weighted by Gasteiger charge is 2.24. The number of aromatic nitrogens is 1. The van der Waals surface area contributed by atoms with Gasteiger partial charge in [-0.3, -0.25) is 9.69 Å². The van der Waals surface area contributed by atoms with Gasteiger partial charge in [-0.15, -0.1) is 0 Å². The molecule has 0 bridgehead atoms. The minimum absolute atomic E-state index is 0.0209. The van der Waals surface area contributed by atoms with Crippen LogP contribution in [0.25, 0.3) is 0 Å². The number of oxazole rings is 1. The second-order valence-electron chi connectivity index (χ2n) is 8.09. The Morgan fingerprint density at radius 1 is 1.17 bits per heavy atom. The van der Waals surface area contributed by atoms with Gasteiger partial charge >= 0.3 is 0 Å². The maximum atomic E-state index is 12.5. The fourth-order valence-corrected chi connectivity index (χ4v) is 3.60. The third kappa shape index (κ3) is 5.60. The number of nitrogens with zero attached hydrogens (tertiary/aromatic N) is 3. The van der Waals surface area contributed by atoms with E-state index in [9.17, 15) is 4.79 Å². The second-order valence-corrected chi connectivity index (χ2v) is 8.09. The average molecular weight is 400 g/mol. The largest absolute Gasteiger partial charge is 0.494 e. The Labute approximate surface area is 173 Å². The van der Waals surface area contributed by atoms with E-state index in [1.165, 1.54) is 11.8 Å². The van der Waals surface area contributed by atoms with E-state index in [-0.39, 0.29) is 5.91 Å². The van der Waals surface area contributed by atoms with Crippen LogP contribution in [0.3, 0.4) is 0 Å². The molecule has 1 aromatic heterocycles. The maximum absolute atomic E-state index is 12.5. The lowest BCUT2D eigenvalue weighted by Gasteiger charge is -2.30. The molecule has 1 amide bonds. The molecule has 0 aliphatic carbocycles. The van der Waals surface area contributed by atoms with Crippen molar-refractivity contribution in [1.29, 1.82) is 0 Å². The minimum atomic E-state index is -0.0209. The molecule has 0 N–H and O–H groups in total. The van der Waals surface area contributed by atoms with E-state index in [0.717, 1.165) is 38.2 Å². The number of rotatable bonds is 9. The zero-order chi connectivity index (χ0) is 20.8. The van der Waals surface area contributed by atoms with Crippen molar-refractivity contribution < 1.29 is 13.9 Å². The number of hydrogen-bond donors (Lipinski definition) is 0. The van der Waals surface area contributed by atoms with Crippen molar-refractivity contribution in [3.8, 4) is 5.75 Å². The van der Waals surface area contributed by atoms with E-state index in [2.05, 4.69) is 42.8 Å². The van der Waals surface area contributed by atoms with Gasteiger partial charge < -0.3 is 14.1 Å². The van der Waals surface area contributed by atoms with Crippen molar-refractivity contribution in [3.05, 3.63) is 47.7 Å². The van der Waals surface area contributed by atoms with Gasteiger partial charge in [0.2, 0.25) is 5.89 Å². The van der Waals surface area contributed by atoms with Crippen LogP contribution < -0.4 is 4.74 Å². The lowest BCUT2D eigenvalue weighted by molar-refractivity contribution is 0.0786. The molecular formula is C23H33N3O3. The van der Waals surface area contributed by atoms with Gasteiger partial charge in [-0.05, 0) is 50.3 Å². The molecule has 1 saturated heterocycles. The van der Waals surface area contributed by atoms with Gasteiger partial charge in [0.25, 0.3) is 5.91 Å². The van der Waals surface area contributed by atoms with Crippen molar-refractivity contribution >= 4 is 5.91 Å². The molecule has 2 heterocycles. The molecule has 1 aliphatic rings. The van der Waals surface area contributed by atoms with Gasteiger partial charge in [0.15, 0.2) is 5.69 Å². The van der Waals surface area contributed by atoms with E-state index in [1.807, 2.05) is 24.0 Å². The first-order chi connectivity index (χ1) is 14.0. The normalized spacial score (nSPS) is 15.3. The van der Waals surface area contributed by atoms with E-state index in [1.54, 1.807) is 0 Å². The molecule has 6 heteroatoms.